The first kappa shape index (κ1) is 13.9. The van der Waals surface area contributed by atoms with Crippen LogP contribution in [-0.4, -0.2) is 17.7 Å². The number of hydrogen-bond acceptors (Lipinski definition) is 6. The van der Waals surface area contributed by atoms with Crippen molar-refractivity contribution in [3.63, 3.8) is 0 Å². The lowest BCUT2D eigenvalue weighted by Gasteiger charge is -2.06. The molecule has 3 rings (SSSR count). The second-order valence-corrected chi connectivity index (χ2v) is 4.54. The average molecular weight is 301 g/mol. The normalized spacial score (nSPS) is 12.0. The van der Waals surface area contributed by atoms with Crippen LogP contribution >= 0.6 is 0 Å². The molecule has 0 radical (unpaired) electrons. The minimum absolute atomic E-state index is 0.0327. The Morgan fingerprint density at radius 1 is 1.18 bits per heavy atom. The summed E-state index contributed by atoms with van der Waals surface area (Å²) in [6, 6.07) is 11.5. The van der Waals surface area contributed by atoms with Gasteiger partial charge in [-0.05, 0) is 5.56 Å². The summed E-state index contributed by atoms with van der Waals surface area (Å²) >= 11 is 0. The highest BCUT2D eigenvalue weighted by Gasteiger charge is 2.28. The maximum Gasteiger partial charge on any atom is 0.345 e. The number of esters is 1. The second-order valence-electron chi connectivity index (χ2n) is 4.54. The molecule has 1 aliphatic heterocycles. The van der Waals surface area contributed by atoms with Crippen LogP contribution in [0.15, 0.2) is 42.5 Å². The molecule has 22 heavy (non-hydrogen) atoms. The van der Waals surface area contributed by atoms with Gasteiger partial charge in [-0.2, -0.15) is 0 Å². The number of nitrogens with zero attached hydrogens (tertiary/aromatic N) is 1. The molecular weight excluding hydrogens is 290 g/mol. The number of carbonyl (C=O) groups excluding carboxylic acids is 1. The number of nitro groups is 1. The molecule has 0 spiro atoms. The highest BCUT2D eigenvalue weighted by atomic mass is 16.7. The Balaban J connectivity index is 1.84. The van der Waals surface area contributed by atoms with Gasteiger partial charge in [0.1, 0.15) is 12.2 Å². The summed E-state index contributed by atoms with van der Waals surface area (Å²) < 4.78 is 15.3. The lowest BCUT2D eigenvalue weighted by molar-refractivity contribution is -0.385. The number of nitro benzene ring substituents is 1. The molecule has 0 fully saturated rings. The van der Waals surface area contributed by atoms with Crippen molar-refractivity contribution in [3.05, 3.63) is 63.7 Å². The zero-order chi connectivity index (χ0) is 15.5. The largest absolute Gasteiger partial charge is 0.457 e. The molecule has 2 aromatic rings. The van der Waals surface area contributed by atoms with Gasteiger partial charge in [0, 0.05) is 6.07 Å². The quantitative estimate of drug-likeness (QED) is 0.490. The van der Waals surface area contributed by atoms with E-state index in [1.807, 2.05) is 18.2 Å². The van der Waals surface area contributed by atoms with Crippen molar-refractivity contribution in [1.82, 2.24) is 0 Å². The van der Waals surface area contributed by atoms with Gasteiger partial charge in [0.2, 0.25) is 6.79 Å². The third kappa shape index (κ3) is 2.69. The molecule has 0 aliphatic carbocycles. The van der Waals surface area contributed by atoms with Crippen LogP contribution in [0.5, 0.6) is 11.5 Å². The lowest BCUT2D eigenvalue weighted by atomic mass is 10.1. The van der Waals surface area contributed by atoms with Gasteiger partial charge < -0.3 is 14.2 Å². The summed E-state index contributed by atoms with van der Waals surface area (Å²) in [7, 11) is 0. The van der Waals surface area contributed by atoms with Crippen LogP contribution in [0.3, 0.4) is 0 Å². The van der Waals surface area contributed by atoms with Gasteiger partial charge in [-0.1, -0.05) is 30.3 Å². The fourth-order valence-corrected chi connectivity index (χ4v) is 2.05. The molecule has 0 aromatic heterocycles. The molecule has 0 bridgehead atoms. The van der Waals surface area contributed by atoms with E-state index < -0.39 is 10.9 Å². The van der Waals surface area contributed by atoms with Gasteiger partial charge in [-0.25, -0.2) is 4.79 Å². The van der Waals surface area contributed by atoms with Crippen molar-refractivity contribution >= 4 is 11.7 Å². The van der Waals surface area contributed by atoms with E-state index in [9.17, 15) is 14.9 Å². The van der Waals surface area contributed by atoms with Gasteiger partial charge in [0.05, 0.1) is 11.0 Å². The molecule has 0 saturated carbocycles. The second kappa shape index (κ2) is 5.72. The lowest BCUT2D eigenvalue weighted by Crippen LogP contribution is -2.08. The molecule has 0 atom stereocenters. The van der Waals surface area contributed by atoms with Crippen molar-refractivity contribution in [2.45, 2.75) is 6.61 Å². The summed E-state index contributed by atoms with van der Waals surface area (Å²) in [4.78, 5) is 22.6. The van der Waals surface area contributed by atoms with Crippen molar-refractivity contribution in [2.75, 3.05) is 6.79 Å². The minimum atomic E-state index is -0.783. The van der Waals surface area contributed by atoms with Gasteiger partial charge in [-0.3, -0.25) is 10.1 Å². The van der Waals surface area contributed by atoms with E-state index >= 15 is 0 Å². The Labute approximate surface area is 125 Å². The molecule has 112 valence electrons. The molecule has 0 amide bonds. The molecule has 0 N–H and O–H groups in total. The summed E-state index contributed by atoms with van der Waals surface area (Å²) in [5.41, 5.74) is 0.256. The van der Waals surface area contributed by atoms with Crippen molar-refractivity contribution in [1.29, 1.82) is 0 Å². The topological polar surface area (TPSA) is 87.9 Å². The first-order valence-electron chi connectivity index (χ1n) is 6.44. The summed E-state index contributed by atoms with van der Waals surface area (Å²) in [5.74, 6) is -0.252. The summed E-state index contributed by atoms with van der Waals surface area (Å²) in [5, 5.41) is 11.1. The van der Waals surface area contributed by atoms with Crippen LogP contribution in [0.1, 0.15) is 15.9 Å². The Kier molecular flexibility index (Phi) is 3.61. The van der Waals surface area contributed by atoms with Gasteiger partial charge in [0.15, 0.2) is 11.5 Å². The van der Waals surface area contributed by atoms with E-state index in [4.69, 9.17) is 14.2 Å². The number of benzene rings is 2. The van der Waals surface area contributed by atoms with Crippen LogP contribution < -0.4 is 9.47 Å². The fraction of sp³-hybridized carbons (Fsp3) is 0.133. The third-order valence-corrected chi connectivity index (χ3v) is 3.12. The Morgan fingerprint density at radius 2 is 1.86 bits per heavy atom. The predicted octanol–water partition coefficient (Wildman–Crippen LogP) is 2.68. The molecule has 1 aliphatic rings. The summed E-state index contributed by atoms with van der Waals surface area (Å²) in [6.45, 7) is 0.000271. The van der Waals surface area contributed by atoms with E-state index in [0.29, 0.717) is 0 Å². The SMILES string of the molecule is O=C(OCc1ccccc1)c1cc2c(cc1[N+](=O)[O-])OCO2. The van der Waals surface area contributed by atoms with E-state index in [0.717, 1.165) is 5.56 Å². The Bertz CT molecular complexity index is 728. The maximum absolute atomic E-state index is 12.1. The number of carbonyl (C=O) groups is 1. The van der Waals surface area contributed by atoms with Crippen LogP contribution in [-0.2, 0) is 11.3 Å². The first-order chi connectivity index (χ1) is 10.6. The van der Waals surface area contributed by atoms with E-state index in [1.165, 1.54) is 12.1 Å². The van der Waals surface area contributed by atoms with Crippen LogP contribution in [0.4, 0.5) is 5.69 Å². The van der Waals surface area contributed by atoms with Crippen molar-refractivity contribution < 1.29 is 23.9 Å². The minimum Gasteiger partial charge on any atom is -0.457 e. The number of ether oxygens (including phenoxy) is 3. The first-order valence-corrected chi connectivity index (χ1v) is 6.44. The number of rotatable bonds is 4. The van der Waals surface area contributed by atoms with Crippen LogP contribution in [0.25, 0.3) is 0 Å². The Hall–Kier alpha value is -3.09. The maximum atomic E-state index is 12.1. The zero-order valence-corrected chi connectivity index (χ0v) is 11.4. The van der Waals surface area contributed by atoms with E-state index in [2.05, 4.69) is 0 Å². The van der Waals surface area contributed by atoms with Crippen molar-refractivity contribution in [2.24, 2.45) is 0 Å². The number of fused-ring (bicyclic) bond motifs is 1. The van der Waals surface area contributed by atoms with Gasteiger partial charge in [0.25, 0.3) is 5.69 Å². The van der Waals surface area contributed by atoms with E-state index in [-0.39, 0.29) is 36.1 Å². The standard InChI is InChI=1S/C15H11NO6/c17-15(20-8-10-4-2-1-3-5-10)11-6-13-14(22-9-21-13)7-12(11)16(18)19/h1-7H,8-9H2. The van der Waals surface area contributed by atoms with Gasteiger partial charge in [-0.15, -0.1) is 0 Å². The highest BCUT2D eigenvalue weighted by molar-refractivity contribution is 5.95. The molecule has 7 heteroatoms. The third-order valence-electron chi connectivity index (χ3n) is 3.12. The molecule has 1 heterocycles. The molecular formula is C15H11NO6. The van der Waals surface area contributed by atoms with Crippen molar-refractivity contribution in [3.8, 4) is 11.5 Å². The molecule has 7 nitrogen and oxygen atoms in total. The fourth-order valence-electron chi connectivity index (χ4n) is 2.05. The summed E-state index contributed by atoms with van der Waals surface area (Å²) in [6.07, 6.45) is 0. The average Bonchev–Trinajstić information content (AvgIpc) is 2.99. The molecule has 0 saturated heterocycles. The number of hydrogen-bond donors (Lipinski definition) is 0. The smallest absolute Gasteiger partial charge is 0.345 e. The highest BCUT2D eigenvalue weighted by Crippen LogP contribution is 2.38. The van der Waals surface area contributed by atoms with Gasteiger partial charge >= 0.3 is 5.97 Å². The zero-order valence-electron chi connectivity index (χ0n) is 11.4. The Morgan fingerprint density at radius 3 is 2.55 bits per heavy atom. The van der Waals surface area contributed by atoms with Crippen LogP contribution in [0, 0.1) is 10.1 Å². The predicted molar refractivity (Wildman–Crippen MR) is 74.8 cm³/mol. The monoisotopic (exact) mass is 301 g/mol. The van der Waals surface area contributed by atoms with E-state index in [1.54, 1.807) is 12.1 Å². The molecule has 0 unspecified atom stereocenters. The van der Waals surface area contributed by atoms with Crippen LogP contribution in [0.2, 0.25) is 0 Å². The molecule has 2 aromatic carbocycles.